The SMILES string of the molecule is Cc1c(C)c(C)c2c(C)c(C)c(CC(C)C(=O)O)cc2c1C. The number of carbonyl (C=O) groups is 1. The molecule has 2 aromatic rings. The first-order valence-corrected chi connectivity index (χ1v) is 7.88. The number of aryl methyl sites for hydroxylation is 3. The molecule has 0 spiro atoms. The number of aliphatic carboxylic acids is 1. The van der Waals surface area contributed by atoms with Crippen molar-refractivity contribution in [2.75, 3.05) is 0 Å². The average molecular weight is 298 g/mol. The number of rotatable bonds is 3. The summed E-state index contributed by atoms with van der Waals surface area (Å²) in [5.74, 6) is -1.09. The lowest BCUT2D eigenvalue weighted by Gasteiger charge is -2.20. The summed E-state index contributed by atoms with van der Waals surface area (Å²) in [6.45, 7) is 14.8. The first-order chi connectivity index (χ1) is 10.2. The lowest BCUT2D eigenvalue weighted by atomic mass is 9.84. The van der Waals surface area contributed by atoms with Gasteiger partial charge in [-0.3, -0.25) is 4.79 Å². The van der Waals surface area contributed by atoms with Crippen molar-refractivity contribution in [3.63, 3.8) is 0 Å². The molecule has 0 heterocycles. The van der Waals surface area contributed by atoms with Crippen molar-refractivity contribution in [2.45, 2.75) is 54.9 Å². The summed E-state index contributed by atoms with van der Waals surface area (Å²) in [4.78, 5) is 11.2. The van der Waals surface area contributed by atoms with E-state index in [9.17, 15) is 9.90 Å². The summed E-state index contributed by atoms with van der Waals surface area (Å²) in [6, 6.07) is 2.21. The monoisotopic (exact) mass is 298 g/mol. The van der Waals surface area contributed by atoms with E-state index in [2.05, 4.69) is 47.6 Å². The highest BCUT2D eigenvalue weighted by Gasteiger charge is 2.18. The molecule has 2 rings (SSSR count). The van der Waals surface area contributed by atoms with Crippen LogP contribution in [-0.4, -0.2) is 11.1 Å². The molecule has 0 saturated heterocycles. The van der Waals surface area contributed by atoms with Crippen LogP contribution in [0, 0.1) is 47.5 Å². The molecule has 0 aliphatic rings. The third-order valence-corrected chi connectivity index (χ3v) is 5.42. The van der Waals surface area contributed by atoms with Crippen LogP contribution in [0.3, 0.4) is 0 Å². The second kappa shape index (κ2) is 5.75. The topological polar surface area (TPSA) is 37.3 Å². The van der Waals surface area contributed by atoms with Crippen molar-refractivity contribution >= 4 is 16.7 Å². The molecule has 118 valence electrons. The Bertz CT molecular complexity index is 770. The van der Waals surface area contributed by atoms with Crippen LogP contribution >= 0.6 is 0 Å². The van der Waals surface area contributed by atoms with Gasteiger partial charge >= 0.3 is 5.97 Å². The highest BCUT2D eigenvalue weighted by Crippen LogP contribution is 2.34. The fraction of sp³-hybridized carbons (Fsp3) is 0.450. The normalized spacial score (nSPS) is 12.7. The molecule has 1 atom stereocenters. The molecule has 0 aliphatic heterocycles. The fourth-order valence-electron chi connectivity index (χ4n) is 3.35. The minimum atomic E-state index is -0.731. The predicted molar refractivity (Wildman–Crippen MR) is 92.9 cm³/mol. The maximum atomic E-state index is 11.2. The van der Waals surface area contributed by atoms with Gasteiger partial charge in [-0.2, -0.15) is 0 Å². The molecule has 22 heavy (non-hydrogen) atoms. The summed E-state index contributed by atoms with van der Waals surface area (Å²) >= 11 is 0. The Morgan fingerprint density at radius 2 is 1.41 bits per heavy atom. The lowest BCUT2D eigenvalue weighted by Crippen LogP contribution is -2.13. The van der Waals surface area contributed by atoms with Crippen LogP contribution < -0.4 is 0 Å². The van der Waals surface area contributed by atoms with Gasteiger partial charge < -0.3 is 5.11 Å². The van der Waals surface area contributed by atoms with E-state index in [1.807, 2.05) is 0 Å². The Morgan fingerprint density at radius 3 is 1.95 bits per heavy atom. The molecule has 2 nitrogen and oxygen atoms in total. The standard InChI is InChI=1S/C20H26O2/c1-10(20(21)22)8-17-9-18-14(5)11(2)12(3)15(6)19(18)16(7)13(17)4/h9-10H,8H2,1-7H3,(H,21,22). The average Bonchev–Trinajstić information content (AvgIpc) is 2.47. The van der Waals surface area contributed by atoms with Gasteiger partial charge in [-0.15, -0.1) is 0 Å². The van der Waals surface area contributed by atoms with Gasteiger partial charge in [0, 0.05) is 0 Å². The molecule has 2 aromatic carbocycles. The number of fused-ring (bicyclic) bond motifs is 1. The third-order valence-electron chi connectivity index (χ3n) is 5.42. The minimum Gasteiger partial charge on any atom is -0.481 e. The van der Waals surface area contributed by atoms with Gasteiger partial charge in [-0.1, -0.05) is 13.0 Å². The molecule has 0 saturated carbocycles. The smallest absolute Gasteiger partial charge is 0.306 e. The first-order valence-electron chi connectivity index (χ1n) is 7.88. The van der Waals surface area contributed by atoms with Crippen LogP contribution in [0.5, 0.6) is 0 Å². The quantitative estimate of drug-likeness (QED) is 0.870. The van der Waals surface area contributed by atoms with Gasteiger partial charge in [-0.25, -0.2) is 0 Å². The summed E-state index contributed by atoms with van der Waals surface area (Å²) in [7, 11) is 0. The Balaban J connectivity index is 2.79. The Labute approximate surface area is 133 Å². The van der Waals surface area contributed by atoms with Crippen molar-refractivity contribution in [1.29, 1.82) is 0 Å². The Morgan fingerprint density at radius 1 is 0.909 bits per heavy atom. The van der Waals surface area contributed by atoms with Crippen LogP contribution in [0.1, 0.15) is 45.9 Å². The molecular weight excluding hydrogens is 272 g/mol. The van der Waals surface area contributed by atoms with Crippen LogP contribution in [0.25, 0.3) is 10.8 Å². The maximum absolute atomic E-state index is 11.2. The first kappa shape index (κ1) is 16.5. The van der Waals surface area contributed by atoms with E-state index in [1.54, 1.807) is 6.92 Å². The van der Waals surface area contributed by atoms with Gasteiger partial charge in [0.2, 0.25) is 0 Å². The van der Waals surface area contributed by atoms with E-state index in [0.29, 0.717) is 6.42 Å². The van der Waals surface area contributed by atoms with E-state index < -0.39 is 5.97 Å². The van der Waals surface area contributed by atoms with Crippen LogP contribution in [0.4, 0.5) is 0 Å². The predicted octanol–water partition coefficient (Wildman–Crippen LogP) is 4.95. The molecule has 0 fully saturated rings. The number of carboxylic acid groups (broad SMARTS) is 1. The zero-order valence-electron chi connectivity index (χ0n) is 14.7. The van der Waals surface area contributed by atoms with Crippen LogP contribution in [-0.2, 0) is 11.2 Å². The molecule has 2 heteroatoms. The summed E-state index contributed by atoms with van der Waals surface area (Å²) in [6.07, 6.45) is 0.587. The lowest BCUT2D eigenvalue weighted by molar-refractivity contribution is -0.141. The van der Waals surface area contributed by atoms with E-state index in [0.717, 1.165) is 5.56 Å². The highest BCUT2D eigenvalue weighted by atomic mass is 16.4. The molecule has 0 aliphatic carbocycles. The van der Waals surface area contributed by atoms with Crippen molar-refractivity contribution in [3.05, 3.63) is 45.0 Å². The number of benzene rings is 2. The molecule has 1 N–H and O–H groups in total. The third kappa shape index (κ3) is 2.51. The van der Waals surface area contributed by atoms with Crippen molar-refractivity contribution in [3.8, 4) is 0 Å². The van der Waals surface area contributed by atoms with Gasteiger partial charge in [-0.05, 0) is 97.7 Å². The number of carboxylic acids is 1. The number of hydrogen-bond acceptors (Lipinski definition) is 1. The highest BCUT2D eigenvalue weighted by molar-refractivity contribution is 5.94. The molecule has 0 bridgehead atoms. The Kier molecular flexibility index (Phi) is 4.32. The van der Waals surface area contributed by atoms with E-state index in [1.165, 1.54) is 44.2 Å². The molecule has 0 amide bonds. The molecular formula is C20H26O2. The van der Waals surface area contributed by atoms with E-state index in [4.69, 9.17) is 0 Å². The molecule has 1 unspecified atom stereocenters. The number of hydrogen-bond donors (Lipinski definition) is 1. The zero-order chi connectivity index (χ0) is 16.8. The van der Waals surface area contributed by atoms with Crippen LogP contribution in [0.2, 0.25) is 0 Å². The molecule has 0 aromatic heterocycles. The van der Waals surface area contributed by atoms with Crippen LogP contribution in [0.15, 0.2) is 6.07 Å². The fourth-order valence-corrected chi connectivity index (χ4v) is 3.35. The van der Waals surface area contributed by atoms with Crippen molar-refractivity contribution in [2.24, 2.45) is 5.92 Å². The second-order valence-electron chi connectivity index (χ2n) is 6.65. The maximum Gasteiger partial charge on any atom is 0.306 e. The second-order valence-corrected chi connectivity index (χ2v) is 6.65. The van der Waals surface area contributed by atoms with Crippen molar-refractivity contribution in [1.82, 2.24) is 0 Å². The van der Waals surface area contributed by atoms with E-state index >= 15 is 0 Å². The zero-order valence-corrected chi connectivity index (χ0v) is 14.7. The Hall–Kier alpha value is -1.83. The van der Waals surface area contributed by atoms with Crippen molar-refractivity contribution < 1.29 is 9.90 Å². The van der Waals surface area contributed by atoms with Gasteiger partial charge in [0.1, 0.15) is 0 Å². The molecule has 0 radical (unpaired) electrons. The summed E-state index contributed by atoms with van der Waals surface area (Å²) < 4.78 is 0. The minimum absolute atomic E-state index is 0.358. The van der Waals surface area contributed by atoms with Gasteiger partial charge in [0.15, 0.2) is 0 Å². The largest absolute Gasteiger partial charge is 0.481 e. The van der Waals surface area contributed by atoms with E-state index in [-0.39, 0.29) is 5.92 Å². The summed E-state index contributed by atoms with van der Waals surface area (Å²) in [5, 5.41) is 11.8. The van der Waals surface area contributed by atoms with Gasteiger partial charge in [0.05, 0.1) is 5.92 Å². The summed E-state index contributed by atoms with van der Waals surface area (Å²) in [5.41, 5.74) is 9.03. The van der Waals surface area contributed by atoms with Gasteiger partial charge in [0.25, 0.3) is 0 Å².